The highest BCUT2D eigenvalue weighted by atomic mass is 32.2. The summed E-state index contributed by atoms with van der Waals surface area (Å²) in [6, 6.07) is 13.1. The Morgan fingerprint density at radius 1 is 1.08 bits per heavy atom. The van der Waals surface area contributed by atoms with Crippen molar-refractivity contribution in [2.45, 2.75) is 24.3 Å². The predicted molar refractivity (Wildman–Crippen MR) is 96.9 cm³/mol. The van der Waals surface area contributed by atoms with Crippen molar-refractivity contribution < 1.29 is 22.7 Å². The number of nitrogens with zero attached hydrogens (tertiary/aromatic N) is 1. The number of esters is 1. The van der Waals surface area contributed by atoms with E-state index in [-0.39, 0.29) is 16.4 Å². The van der Waals surface area contributed by atoms with Crippen molar-refractivity contribution in [3.8, 4) is 0 Å². The normalized spacial score (nSPS) is 14.6. The summed E-state index contributed by atoms with van der Waals surface area (Å²) in [4.78, 5) is 26.6. The number of rotatable bonds is 4. The van der Waals surface area contributed by atoms with E-state index < -0.39 is 21.9 Å². The van der Waals surface area contributed by atoms with Gasteiger partial charge in [0.15, 0.2) is 15.9 Å². The fourth-order valence-corrected chi connectivity index (χ4v) is 3.53. The zero-order chi connectivity index (χ0) is 18.9. The lowest BCUT2D eigenvalue weighted by Crippen LogP contribution is -2.39. The Morgan fingerprint density at radius 2 is 1.73 bits per heavy atom. The minimum Gasteiger partial charge on any atom is -0.449 e. The lowest BCUT2D eigenvalue weighted by Gasteiger charge is -2.21. The highest BCUT2D eigenvalue weighted by Crippen LogP contribution is 2.28. The number of para-hydroxylation sites is 1. The average Bonchev–Trinajstić information content (AvgIpc) is 3.04. The van der Waals surface area contributed by atoms with Gasteiger partial charge >= 0.3 is 5.97 Å². The molecular weight excluding hydrogens is 354 g/mol. The maximum absolute atomic E-state index is 12.6. The van der Waals surface area contributed by atoms with Gasteiger partial charge in [-0.2, -0.15) is 0 Å². The quantitative estimate of drug-likeness (QED) is 0.768. The summed E-state index contributed by atoms with van der Waals surface area (Å²) in [5.74, 6) is -0.950. The molecule has 1 aliphatic rings. The van der Waals surface area contributed by atoms with Crippen LogP contribution in [0.25, 0.3) is 0 Å². The molecule has 6 nitrogen and oxygen atoms in total. The number of carbonyl (C=O) groups excluding carboxylic acids is 2. The van der Waals surface area contributed by atoms with Gasteiger partial charge in [0.05, 0.1) is 10.5 Å². The Kier molecular flexibility index (Phi) is 4.82. The zero-order valence-corrected chi connectivity index (χ0v) is 15.3. The molecule has 0 saturated carbocycles. The molecule has 0 unspecified atom stereocenters. The molecule has 2 aromatic carbocycles. The summed E-state index contributed by atoms with van der Waals surface area (Å²) in [5, 5.41) is 0. The number of fused-ring (bicyclic) bond motifs is 1. The van der Waals surface area contributed by atoms with E-state index in [0.29, 0.717) is 6.54 Å². The maximum Gasteiger partial charge on any atom is 0.338 e. The SMILES string of the molecule is C[C@@H](OC(=O)c1ccc(S(C)(=O)=O)cc1)C(=O)N1CCc2ccccc21. The number of benzene rings is 2. The molecular formula is C19H19NO5S. The number of hydrogen-bond acceptors (Lipinski definition) is 5. The number of amides is 1. The van der Waals surface area contributed by atoms with Crippen molar-refractivity contribution in [3.63, 3.8) is 0 Å². The van der Waals surface area contributed by atoms with Crippen LogP contribution in [0.15, 0.2) is 53.4 Å². The van der Waals surface area contributed by atoms with Gasteiger partial charge in [-0.3, -0.25) is 4.79 Å². The molecule has 0 aliphatic carbocycles. The molecule has 0 bridgehead atoms. The number of hydrogen-bond donors (Lipinski definition) is 0. The number of sulfone groups is 1. The van der Waals surface area contributed by atoms with Gasteiger partial charge in [0.2, 0.25) is 0 Å². The van der Waals surface area contributed by atoms with E-state index in [0.717, 1.165) is 23.9 Å². The fourth-order valence-electron chi connectivity index (χ4n) is 2.90. The highest BCUT2D eigenvalue weighted by molar-refractivity contribution is 7.90. The van der Waals surface area contributed by atoms with Crippen LogP contribution in [0.2, 0.25) is 0 Å². The van der Waals surface area contributed by atoms with Crippen molar-refractivity contribution in [2.75, 3.05) is 17.7 Å². The van der Waals surface area contributed by atoms with Crippen LogP contribution >= 0.6 is 0 Å². The lowest BCUT2D eigenvalue weighted by molar-refractivity contribution is -0.126. The van der Waals surface area contributed by atoms with Crippen molar-refractivity contribution in [1.82, 2.24) is 0 Å². The molecule has 136 valence electrons. The molecule has 0 aromatic heterocycles. The Labute approximate surface area is 152 Å². The van der Waals surface area contributed by atoms with Gasteiger partial charge in [-0.15, -0.1) is 0 Å². The van der Waals surface area contributed by atoms with Crippen LogP contribution in [0.4, 0.5) is 5.69 Å². The number of anilines is 1. The van der Waals surface area contributed by atoms with Gasteiger partial charge < -0.3 is 9.64 Å². The summed E-state index contributed by atoms with van der Waals surface area (Å²) in [6.45, 7) is 2.09. The molecule has 1 amide bonds. The fraction of sp³-hybridized carbons (Fsp3) is 0.263. The van der Waals surface area contributed by atoms with Crippen LogP contribution in [0, 0.1) is 0 Å². The van der Waals surface area contributed by atoms with Crippen molar-refractivity contribution >= 4 is 27.4 Å². The molecule has 26 heavy (non-hydrogen) atoms. The van der Waals surface area contributed by atoms with E-state index in [1.807, 2.05) is 24.3 Å². The van der Waals surface area contributed by atoms with E-state index >= 15 is 0 Å². The third kappa shape index (κ3) is 3.62. The molecule has 0 radical (unpaired) electrons. The standard InChI is InChI=1S/C19H19NO5S/c1-13(18(21)20-12-11-14-5-3-4-6-17(14)20)25-19(22)15-7-9-16(10-8-15)26(2,23)24/h3-10,13H,11-12H2,1-2H3/t13-/m1/s1. The van der Waals surface area contributed by atoms with Crippen LogP contribution < -0.4 is 4.90 Å². The second kappa shape index (κ2) is 6.92. The zero-order valence-electron chi connectivity index (χ0n) is 14.5. The van der Waals surface area contributed by atoms with Crippen LogP contribution in [0.1, 0.15) is 22.8 Å². The van der Waals surface area contributed by atoms with Gasteiger partial charge in [0, 0.05) is 18.5 Å². The average molecular weight is 373 g/mol. The smallest absolute Gasteiger partial charge is 0.338 e. The first-order valence-corrected chi connectivity index (χ1v) is 10.1. The first-order valence-electron chi connectivity index (χ1n) is 8.18. The molecule has 0 spiro atoms. The summed E-state index contributed by atoms with van der Waals surface area (Å²) in [6.07, 6.45) is 0.924. The van der Waals surface area contributed by atoms with Gasteiger partial charge in [-0.1, -0.05) is 18.2 Å². The molecule has 1 aliphatic heterocycles. The summed E-state index contributed by atoms with van der Waals surface area (Å²) in [7, 11) is -3.33. The highest BCUT2D eigenvalue weighted by Gasteiger charge is 2.30. The molecule has 7 heteroatoms. The van der Waals surface area contributed by atoms with Crippen LogP contribution in [-0.4, -0.2) is 39.2 Å². The second-order valence-electron chi connectivity index (χ2n) is 6.21. The molecule has 1 heterocycles. The third-order valence-electron chi connectivity index (χ3n) is 4.30. The van der Waals surface area contributed by atoms with Crippen molar-refractivity contribution in [2.24, 2.45) is 0 Å². The Balaban J connectivity index is 1.69. The van der Waals surface area contributed by atoms with Crippen molar-refractivity contribution in [3.05, 3.63) is 59.7 Å². The third-order valence-corrected chi connectivity index (χ3v) is 5.43. The predicted octanol–water partition coefficient (Wildman–Crippen LogP) is 2.22. The lowest BCUT2D eigenvalue weighted by atomic mass is 10.2. The summed E-state index contributed by atoms with van der Waals surface area (Å²) in [5.41, 5.74) is 2.13. The van der Waals surface area contributed by atoms with Gasteiger partial charge in [0.25, 0.3) is 5.91 Å². The van der Waals surface area contributed by atoms with Crippen LogP contribution in [0.3, 0.4) is 0 Å². The molecule has 0 fully saturated rings. The molecule has 0 saturated heterocycles. The van der Waals surface area contributed by atoms with E-state index in [1.165, 1.54) is 31.2 Å². The Hall–Kier alpha value is -2.67. The van der Waals surface area contributed by atoms with E-state index in [1.54, 1.807) is 4.90 Å². The maximum atomic E-state index is 12.6. The van der Waals surface area contributed by atoms with Crippen LogP contribution in [-0.2, 0) is 25.8 Å². The Morgan fingerprint density at radius 3 is 2.38 bits per heavy atom. The van der Waals surface area contributed by atoms with E-state index in [4.69, 9.17) is 4.74 Å². The van der Waals surface area contributed by atoms with Crippen LogP contribution in [0.5, 0.6) is 0 Å². The van der Waals surface area contributed by atoms with Gasteiger partial charge in [-0.05, 0) is 49.2 Å². The van der Waals surface area contributed by atoms with Gasteiger partial charge in [0.1, 0.15) is 0 Å². The molecule has 1 atom stereocenters. The Bertz CT molecular complexity index is 950. The first-order chi connectivity index (χ1) is 12.3. The summed E-state index contributed by atoms with van der Waals surface area (Å²) < 4.78 is 28.2. The minimum atomic E-state index is -3.33. The molecule has 0 N–H and O–H groups in total. The monoisotopic (exact) mass is 373 g/mol. The minimum absolute atomic E-state index is 0.117. The van der Waals surface area contributed by atoms with E-state index in [9.17, 15) is 18.0 Å². The first kappa shape index (κ1) is 18.1. The number of ether oxygens (including phenoxy) is 1. The van der Waals surface area contributed by atoms with Gasteiger partial charge in [-0.25, -0.2) is 13.2 Å². The summed E-state index contributed by atoms with van der Waals surface area (Å²) >= 11 is 0. The largest absolute Gasteiger partial charge is 0.449 e. The van der Waals surface area contributed by atoms with E-state index in [2.05, 4.69) is 0 Å². The molecule has 3 rings (SSSR count). The number of carbonyl (C=O) groups is 2. The van der Waals surface area contributed by atoms with Crippen molar-refractivity contribution in [1.29, 1.82) is 0 Å². The molecule has 2 aromatic rings. The topological polar surface area (TPSA) is 80.8 Å². The second-order valence-corrected chi connectivity index (χ2v) is 8.23.